The number of carbonyl (C=O) groups excluding carboxylic acids is 1. The standard InChI is InChI=1S/C14H15Br2N3O/c1-19-6-4-14(9-17,5-7-19)18-13(20)11-3-2-10(15)8-12(11)16/h2-3,8H,4-7H2,1H3,(H,18,20). The molecular formula is C14H15Br2N3O. The van der Waals surface area contributed by atoms with Crippen molar-refractivity contribution >= 4 is 37.8 Å². The smallest absolute Gasteiger partial charge is 0.253 e. The van der Waals surface area contributed by atoms with Gasteiger partial charge in [-0.25, -0.2) is 0 Å². The second-order valence-corrected chi connectivity index (χ2v) is 6.85. The third-order valence-corrected chi connectivity index (χ3v) is 4.73. The van der Waals surface area contributed by atoms with Gasteiger partial charge in [-0.1, -0.05) is 15.9 Å². The van der Waals surface area contributed by atoms with Crippen LogP contribution in [0, 0.1) is 11.3 Å². The fourth-order valence-electron chi connectivity index (χ4n) is 2.22. The zero-order valence-electron chi connectivity index (χ0n) is 11.1. The first-order valence-electron chi connectivity index (χ1n) is 6.33. The number of benzene rings is 1. The quantitative estimate of drug-likeness (QED) is 0.830. The van der Waals surface area contributed by atoms with E-state index in [1.54, 1.807) is 6.07 Å². The summed E-state index contributed by atoms with van der Waals surface area (Å²) in [5, 5.41) is 12.3. The molecule has 0 aromatic heterocycles. The number of hydrogen-bond donors (Lipinski definition) is 1. The molecule has 0 bridgehead atoms. The Morgan fingerprint density at radius 2 is 2.05 bits per heavy atom. The molecule has 0 atom stereocenters. The molecule has 106 valence electrons. The van der Waals surface area contributed by atoms with Gasteiger partial charge in [0.15, 0.2) is 0 Å². The van der Waals surface area contributed by atoms with Crippen LogP contribution in [0.4, 0.5) is 0 Å². The molecule has 1 heterocycles. The van der Waals surface area contributed by atoms with Crippen molar-refractivity contribution < 1.29 is 4.79 Å². The maximum absolute atomic E-state index is 12.4. The number of rotatable bonds is 2. The molecule has 1 saturated heterocycles. The van der Waals surface area contributed by atoms with Crippen molar-refractivity contribution in [3.63, 3.8) is 0 Å². The Morgan fingerprint density at radius 1 is 1.40 bits per heavy atom. The minimum atomic E-state index is -0.754. The number of likely N-dealkylation sites (tertiary alicyclic amines) is 1. The molecule has 2 rings (SSSR count). The van der Waals surface area contributed by atoms with E-state index in [2.05, 4.69) is 48.1 Å². The summed E-state index contributed by atoms with van der Waals surface area (Å²) in [5.74, 6) is -0.213. The lowest BCUT2D eigenvalue weighted by molar-refractivity contribution is 0.0881. The van der Waals surface area contributed by atoms with Crippen LogP contribution in [0.3, 0.4) is 0 Å². The fraction of sp³-hybridized carbons (Fsp3) is 0.429. The molecule has 1 aliphatic heterocycles. The normalized spacial score (nSPS) is 18.3. The van der Waals surface area contributed by atoms with Crippen molar-refractivity contribution in [1.82, 2.24) is 10.2 Å². The predicted molar refractivity (Wildman–Crippen MR) is 84.4 cm³/mol. The SMILES string of the molecule is CN1CCC(C#N)(NC(=O)c2ccc(Br)cc2Br)CC1. The van der Waals surface area contributed by atoms with Crippen molar-refractivity contribution in [1.29, 1.82) is 5.26 Å². The summed E-state index contributed by atoms with van der Waals surface area (Å²) in [4.78, 5) is 14.5. The zero-order valence-corrected chi connectivity index (χ0v) is 14.3. The molecule has 0 saturated carbocycles. The van der Waals surface area contributed by atoms with Crippen molar-refractivity contribution in [3.8, 4) is 6.07 Å². The lowest BCUT2D eigenvalue weighted by atomic mass is 9.89. The molecule has 0 unspecified atom stereocenters. The Labute approximate surface area is 135 Å². The van der Waals surface area contributed by atoms with Crippen molar-refractivity contribution in [2.24, 2.45) is 0 Å². The van der Waals surface area contributed by atoms with Gasteiger partial charge in [0.25, 0.3) is 5.91 Å². The largest absolute Gasteiger partial charge is 0.334 e. The highest BCUT2D eigenvalue weighted by Crippen LogP contribution is 2.25. The van der Waals surface area contributed by atoms with Gasteiger partial charge in [0.2, 0.25) is 0 Å². The molecular weight excluding hydrogens is 386 g/mol. The lowest BCUT2D eigenvalue weighted by Crippen LogP contribution is -2.53. The van der Waals surface area contributed by atoms with Crippen LogP contribution in [0.1, 0.15) is 23.2 Å². The average molecular weight is 401 g/mol. The van der Waals surface area contributed by atoms with Gasteiger partial charge < -0.3 is 10.2 Å². The van der Waals surface area contributed by atoms with E-state index in [1.807, 2.05) is 19.2 Å². The minimum Gasteiger partial charge on any atom is -0.334 e. The zero-order chi connectivity index (χ0) is 14.8. The van der Waals surface area contributed by atoms with Crippen LogP contribution in [-0.2, 0) is 0 Å². The molecule has 4 nitrogen and oxygen atoms in total. The van der Waals surface area contributed by atoms with Gasteiger partial charge in [0, 0.05) is 22.0 Å². The van der Waals surface area contributed by atoms with E-state index in [0.717, 1.165) is 17.6 Å². The lowest BCUT2D eigenvalue weighted by Gasteiger charge is -2.36. The number of nitrogens with zero attached hydrogens (tertiary/aromatic N) is 2. The van der Waals surface area contributed by atoms with Crippen LogP contribution in [0.15, 0.2) is 27.1 Å². The third kappa shape index (κ3) is 3.40. The Bertz CT molecular complexity index is 560. The summed E-state index contributed by atoms with van der Waals surface area (Å²) in [7, 11) is 2.02. The molecule has 1 fully saturated rings. The Morgan fingerprint density at radius 3 is 2.60 bits per heavy atom. The maximum atomic E-state index is 12.4. The first-order chi connectivity index (χ1) is 9.46. The summed E-state index contributed by atoms with van der Waals surface area (Å²) in [5.41, 5.74) is -0.211. The average Bonchev–Trinajstić information content (AvgIpc) is 2.41. The summed E-state index contributed by atoms with van der Waals surface area (Å²) in [6.07, 6.45) is 1.31. The molecule has 0 spiro atoms. The number of nitriles is 1. The highest BCUT2D eigenvalue weighted by atomic mass is 79.9. The first-order valence-corrected chi connectivity index (χ1v) is 7.92. The second kappa shape index (κ2) is 6.25. The van der Waals surface area contributed by atoms with Crippen LogP contribution < -0.4 is 5.32 Å². The first kappa shape index (κ1) is 15.5. The van der Waals surface area contributed by atoms with E-state index in [-0.39, 0.29) is 5.91 Å². The summed E-state index contributed by atoms with van der Waals surface area (Å²) in [6, 6.07) is 7.66. The Hall–Kier alpha value is -0.900. The molecule has 1 aromatic carbocycles. The fourth-order valence-corrected chi connectivity index (χ4v) is 3.45. The van der Waals surface area contributed by atoms with E-state index >= 15 is 0 Å². The summed E-state index contributed by atoms with van der Waals surface area (Å²) < 4.78 is 1.61. The number of hydrogen-bond acceptors (Lipinski definition) is 3. The molecule has 0 aliphatic carbocycles. The van der Waals surface area contributed by atoms with Gasteiger partial charge in [-0.05, 0) is 54.0 Å². The topological polar surface area (TPSA) is 56.1 Å². The molecule has 20 heavy (non-hydrogen) atoms. The number of amides is 1. The maximum Gasteiger partial charge on any atom is 0.253 e. The van der Waals surface area contributed by atoms with Crippen molar-refractivity contribution in [3.05, 3.63) is 32.7 Å². The van der Waals surface area contributed by atoms with Crippen molar-refractivity contribution in [2.45, 2.75) is 18.4 Å². The number of piperidine rings is 1. The Kier molecular flexibility index (Phi) is 4.84. The third-order valence-electron chi connectivity index (χ3n) is 3.58. The van der Waals surface area contributed by atoms with Crippen molar-refractivity contribution in [2.75, 3.05) is 20.1 Å². The van der Waals surface area contributed by atoms with E-state index in [4.69, 9.17) is 0 Å². The van der Waals surface area contributed by atoms with Crippen LogP contribution >= 0.6 is 31.9 Å². The Balaban J connectivity index is 2.16. The monoisotopic (exact) mass is 399 g/mol. The number of halogens is 2. The molecule has 1 aromatic rings. The predicted octanol–water partition coefficient (Wildman–Crippen LogP) is 2.93. The highest BCUT2D eigenvalue weighted by Gasteiger charge is 2.35. The van der Waals surface area contributed by atoms with Crippen LogP contribution in [0.5, 0.6) is 0 Å². The minimum absolute atomic E-state index is 0.213. The van der Waals surface area contributed by atoms with Gasteiger partial charge in [0.05, 0.1) is 11.6 Å². The van der Waals surface area contributed by atoms with Gasteiger partial charge >= 0.3 is 0 Å². The van der Waals surface area contributed by atoms with Crippen LogP contribution in [0.25, 0.3) is 0 Å². The summed E-state index contributed by atoms with van der Waals surface area (Å²) in [6.45, 7) is 1.63. The van der Waals surface area contributed by atoms with E-state index < -0.39 is 5.54 Å². The number of carbonyl (C=O) groups is 1. The van der Waals surface area contributed by atoms with Crippen LogP contribution in [-0.4, -0.2) is 36.5 Å². The summed E-state index contributed by atoms with van der Waals surface area (Å²) >= 11 is 6.73. The van der Waals surface area contributed by atoms with Gasteiger partial charge in [-0.2, -0.15) is 5.26 Å². The molecule has 6 heteroatoms. The highest BCUT2D eigenvalue weighted by molar-refractivity contribution is 9.11. The van der Waals surface area contributed by atoms with Gasteiger partial charge in [-0.3, -0.25) is 4.79 Å². The van der Waals surface area contributed by atoms with Gasteiger partial charge in [-0.15, -0.1) is 0 Å². The molecule has 1 amide bonds. The van der Waals surface area contributed by atoms with E-state index in [1.165, 1.54) is 0 Å². The number of nitrogens with one attached hydrogen (secondary N) is 1. The molecule has 1 aliphatic rings. The van der Waals surface area contributed by atoms with Crippen LogP contribution in [0.2, 0.25) is 0 Å². The second-order valence-electron chi connectivity index (χ2n) is 5.08. The molecule has 1 N–H and O–H groups in total. The van der Waals surface area contributed by atoms with E-state index in [9.17, 15) is 10.1 Å². The molecule has 0 radical (unpaired) electrons. The van der Waals surface area contributed by atoms with Gasteiger partial charge in [0.1, 0.15) is 5.54 Å². The van der Waals surface area contributed by atoms with E-state index in [0.29, 0.717) is 22.9 Å².